The van der Waals surface area contributed by atoms with Gasteiger partial charge in [0.25, 0.3) is 5.91 Å². The standard InChI is InChI=1S/C14H16N2O5/c17-12(18)7-15-13(19)9-1-3-11(4-2-9)16-14(20)10-5-6-21-8-10/h1-4,10H,5-8H2,(H,15,19)(H,16,20)(H,17,18). The molecule has 0 radical (unpaired) electrons. The molecule has 1 atom stereocenters. The number of carbonyl (C=O) groups excluding carboxylic acids is 2. The molecule has 0 bridgehead atoms. The second-order valence-electron chi connectivity index (χ2n) is 4.70. The smallest absolute Gasteiger partial charge is 0.322 e. The van der Waals surface area contributed by atoms with Gasteiger partial charge < -0.3 is 20.5 Å². The summed E-state index contributed by atoms with van der Waals surface area (Å²) in [5, 5.41) is 13.5. The van der Waals surface area contributed by atoms with Crippen LogP contribution in [-0.2, 0) is 14.3 Å². The summed E-state index contributed by atoms with van der Waals surface area (Å²) in [6.07, 6.45) is 0.710. The molecule has 21 heavy (non-hydrogen) atoms. The van der Waals surface area contributed by atoms with E-state index >= 15 is 0 Å². The van der Waals surface area contributed by atoms with Gasteiger partial charge in [-0.3, -0.25) is 14.4 Å². The first-order chi connectivity index (χ1) is 10.1. The Morgan fingerprint density at radius 2 is 1.95 bits per heavy atom. The molecule has 0 aliphatic carbocycles. The van der Waals surface area contributed by atoms with Crippen LogP contribution in [0.5, 0.6) is 0 Å². The number of carbonyl (C=O) groups is 3. The molecule has 0 spiro atoms. The number of ether oxygens (including phenoxy) is 1. The molecular formula is C14H16N2O5. The summed E-state index contributed by atoms with van der Waals surface area (Å²) in [7, 11) is 0. The van der Waals surface area contributed by atoms with E-state index in [0.717, 1.165) is 0 Å². The van der Waals surface area contributed by atoms with Gasteiger partial charge in [0.15, 0.2) is 0 Å². The van der Waals surface area contributed by atoms with E-state index in [9.17, 15) is 14.4 Å². The minimum atomic E-state index is -1.11. The highest BCUT2D eigenvalue weighted by atomic mass is 16.5. The Balaban J connectivity index is 1.90. The van der Waals surface area contributed by atoms with Crippen molar-refractivity contribution in [3.63, 3.8) is 0 Å². The van der Waals surface area contributed by atoms with E-state index in [1.165, 1.54) is 12.1 Å². The molecule has 1 aromatic carbocycles. The zero-order valence-electron chi connectivity index (χ0n) is 11.3. The topological polar surface area (TPSA) is 105 Å². The number of hydrogen-bond acceptors (Lipinski definition) is 4. The van der Waals surface area contributed by atoms with Crippen LogP contribution in [0.2, 0.25) is 0 Å². The number of aliphatic carboxylic acids is 1. The number of benzene rings is 1. The summed E-state index contributed by atoms with van der Waals surface area (Å²) < 4.78 is 5.15. The van der Waals surface area contributed by atoms with Crippen LogP contribution in [-0.4, -0.2) is 42.6 Å². The third-order valence-electron chi connectivity index (χ3n) is 3.12. The van der Waals surface area contributed by atoms with Gasteiger partial charge >= 0.3 is 5.97 Å². The van der Waals surface area contributed by atoms with Gasteiger partial charge in [-0.2, -0.15) is 0 Å². The molecule has 1 aromatic rings. The highest BCUT2D eigenvalue weighted by Gasteiger charge is 2.23. The van der Waals surface area contributed by atoms with Gasteiger partial charge in [-0.25, -0.2) is 0 Å². The van der Waals surface area contributed by atoms with Gasteiger partial charge in [0.1, 0.15) is 6.54 Å². The molecule has 3 N–H and O–H groups in total. The fraction of sp³-hybridized carbons (Fsp3) is 0.357. The number of anilines is 1. The van der Waals surface area contributed by atoms with Crippen molar-refractivity contribution in [1.29, 1.82) is 0 Å². The SMILES string of the molecule is O=C(O)CNC(=O)c1ccc(NC(=O)C2CCOC2)cc1. The van der Waals surface area contributed by atoms with Crippen molar-refractivity contribution in [1.82, 2.24) is 5.32 Å². The van der Waals surface area contributed by atoms with Crippen molar-refractivity contribution in [2.45, 2.75) is 6.42 Å². The zero-order valence-corrected chi connectivity index (χ0v) is 11.3. The summed E-state index contributed by atoms with van der Waals surface area (Å²) in [4.78, 5) is 33.9. The van der Waals surface area contributed by atoms with Gasteiger partial charge in [0.05, 0.1) is 12.5 Å². The Labute approximate surface area is 121 Å². The largest absolute Gasteiger partial charge is 0.480 e. The Kier molecular flexibility index (Phi) is 4.89. The molecule has 7 heteroatoms. The lowest BCUT2D eigenvalue weighted by atomic mass is 10.1. The van der Waals surface area contributed by atoms with Gasteiger partial charge in [-0.15, -0.1) is 0 Å². The van der Waals surface area contributed by atoms with Gasteiger partial charge in [-0.05, 0) is 30.7 Å². The third kappa shape index (κ3) is 4.28. The molecule has 2 rings (SSSR count). The second-order valence-corrected chi connectivity index (χ2v) is 4.70. The number of carboxylic acids is 1. The zero-order chi connectivity index (χ0) is 15.2. The van der Waals surface area contributed by atoms with E-state index in [2.05, 4.69) is 10.6 Å². The van der Waals surface area contributed by atoms with Crippen LogP contribution in [0.4, 0.5) is 5.69 Å². The Hall–Kier alpha value is -2.41. The summed E-state index contributed by atoms with van der Waals surface area (Å²) in [5.41, 5.74) is 0.917. The minimum absolute atomic E-state index is 0.101. The molecule has 1 aliphatic rings. The number of nitrogens with one attached hydrogen (secondary N) is 2. The fourth-order valence-corrected chi connectivity index (χ4v) is 1.95. The maximum absolute atomic E-state index is 11.9. The van der Waals surface area contributed by atoms with E-state index < -0.39 is 18.4 Å². The highest BCUT2D eigenvalue weighted by molar-refractivity contribution is 5.97. The Morgan fingerprint density at radius 3 is 2.52 bits per heavy atom. The molecule has 7 nitrogen and oxygen atoms in total. The van der Waals surface area contributed by atoms with Crippen LogP contribution in [0.25, 0.3) is 0 Å². The van der Waals surface area contributed by atoms with Crippen molar-refractivity contribution < 1.29 is 24.2 Å². The lowest BCUT2D eigenvalue weighted by Crippen LogP contribution is -2.29. The quantitative estimate of drug-likeness (QED) is 0.732. The molecule has 1 heterocycles. The van der Waals surface area contributed by atoms with Crippen molar-refractivity contribution in [3.05, 3.63) is 29.8 Å². The van der Waals surface area contributed by atoms with E-state index in [1.807, 2.05) is 0 Å². The van der Waals surface area contributed by atoms with Gasteiger partial charge in [0.2, 0.25) is 5.91 Å². The molecule has 2 amide bonds. The van der Waals surface area contributed by atoms with Gasteiger partial charge in [0, 0.05) is 17.9 Å². The average molecular weight is 292 g/mol. The first-order valence-corrected chi connectivity index (χ1v) is 6.55. The summed E-state index contributed by atoms with van der Waals surface area (Å²) in [6, 6.07) is 6.25. The molecule has 1 saturated heterocycles. The predicted octanol–water partition coefficient (Wildman–Crippen LogP) is 0.476. The van der Waals surface area contributed by atoms with Crippen molar-refractivity contribution in [3.8, 4) is 0 Å². The number of rotatable bonds is 5. The lowest BCUT2D eigenvalue weighted by molar-refractivity contribution is -0.135. The van der Waals surface area contributed by atoms with Crippen molar-refractivity contribution in [2.75, 3.05) is 25.1 Å². The van der Waals surface area contributed by atoms with Crippen molar-refractivity contribution >= 4 is 23.5 Å². The molecule has 0 saturated carbocycles. The second kappa shape index (κ2) is 6.85. The molecule has 1 aliphatic heterocycles. The number of amides is 2. The van der Waals surface area contributed by atoms with Crippen LogP contribution in [0, 0.1) is 5.92 Å². The van der Waals surface area contributed by atoms with E-state index in [0.29, 0.717) is 30.9 Å². The highest BCUT2D eigenvalue weighted by Crippen LogP contribution is 2.16. The van der Waals surface area contributed by atoms with Crippen LogP contribution in [0.15, 0.2) is 24.3 Å². The van der Waals surface area contributed by atoms with Crippen LogP contribution in [0.3, 0.4) is 0 Å². The van der Waals surface area contributed by atoms with Crippen LogP contribution >= 0.6 is 0 Å². The Bertz CT molecular complexity index is 535. The van der Waals surface area contributed by atoms with Gasteiger partial charge in [-0.1, -0.05) is 0 Å². The van der Waals surface area contributed by atoms with Crippen molar-refractivity contribution in [2.24, 2.45) is 5.92 Å². The number of carboxylic acid groups (broad SMARTS) is 1. The average Bonchev–Trinajstić information content (AvgIpc) is 3.00. The van der Waals surface area contributed by atoms with Crippen LogP contribution < -0.4 is 10.6 Å². The Morgan fingerprint density at radius 1 is 1.24 bits per heavy atom. The first kappa shape index (κ1) is 15.0. The molecule has 1 unspecified atom stereocenters. The molecule has 1 fully saturated rings. The summed E-state index contributed by atoms with van der Waals surface area (Å²) >= 11 is 0. The maximum atomic E-state index is 11.9. The molecular weight excluding hydrogens is 276 g/mol. The minimum Gasteiger partial charge on any atom is -0.480 e. The predicted molar refractivity (Wildman–Crippen MR) is 74.0 cm³/mol. The van der Waals surface area contributed by atoms with E-state index in [1.54, 1.807) is 12.1 Å². The maximum Gasteiger partial charge on any atom is 0.322 e. The van der Waals surface area contributed by atoms with E-state index in [4.69, 9.17) is 9.84 Å². The monoisotopic (exact) mass is 292 g/mol. The van der Waals surface area contributed by atoms with Crippen LogP contribution in [0.1, 0.15) is 16.8 Å². The normalized spacial score (nSPS) is 17.2. The molecule has 0 aromatic heterocycles. The number of hydrogen-bond donors (Lipinski definition) is 3. The fourth-order valence-electron chi connectivity index (χ4n) is 1.95. The summed E-state index contributed by atoms with van der Waals surface area (Å²) in [5.74, 6) is -1.82. The first-order valence-electron chi connectivity index (χ1n) is 6.55. The third-order valence-corrected chi connectivity index (χ3v) is 3.12. The van der Waals surface area contributed by atoms with E-state index in [-0.39, 0.29) is 11.8 Å². The summed E-state index contributed by atoms with van der Waals surface area (Å²) in [6.45, 7) is 0.598. The molecule has 112 valence electrons. The lowest BCUT2D eigenvalue weighted by Gasteiger charge is -2.10.